The number of rotatable bonds is 3. The second-order valence-corrected chi connectivity index (χ2v) is 6.66. The van der Waals surface area contributed by atoms with Crippen LogP contribution < -0.4 is 10.7 Å². The maximum Gasteiger partial charge on any atom is 0.234 e. The molecule has 1 aromatic carbocycles. The van der Waals surface area contributed by atoms with Gasteiger partial charge in [-0.1, -0.05) is 22.9 Å². The number of amidine groups is 1. The molecule has 3 aliphatic heterocycles. The number of carbonyl (C=O) groups is 1. The quantitative estimate of drug-likeness (QED) is 0.854. The van der Waals surface area contributed by atoms with Crippen molar-refractivity contribution in [3.05, 3.63) is 40.0 Å². The van der Waals surface area contributed by atoms with Gasteiger partial charge in [0.25, 0.3) is 0 Å². The van der Waals surface area contributed by atoms with Gasteiger partial charge in [0, 0.05) is 28.5 Å². The van der Waals surface area contributed by atoms with Gasteiger partial charge in [0.1, 0.15) is 6.34 Å². The largest absolute Gasteiger partial charge is 0.325 e. The summed E-state index contributed by atoms with van der Waals surface area (Å²) in [5.41, 5.74) is 6.02. The van der Waals surface area contributed by atoms with Crippen molar-refractivity contribution in [1.29, 1.82) is 0 Å². The standard InChI is InChI=1S/C16H16BrN5O/c1-2-5-22-15-11(7-20-22)14(18-8-19-15)13-10-6-9(17)3-4-12(10)21-16(13)23/h3-4,6-8,13-14,20H,2,5H2,1H3,(H,21,23). The van der Waals surface area contributed by atoms with Crippen LogP contribution in [0.1, 0.15) is 24.8 Å². The third-order valence-corrected chi connectivity index (χ3v) is 4.76. The first-order valence-electron chi connectivity index (χ1n) is 7.63. The lowest BCUT2D eigenvalue weighted by Gasteiger charge is -2.25. The minimum absolute atomic E-state index is 0.0173. The molecule has 0 aromatic heterocycles. The molecule has 0 spiro atoms. The van der Waals surface area contributed by atoms with Crippen molar-refractivity contribution in [1.82, 2.24) is 10.4 Å². The summed E-state index contributed by atoms with van der Waals surface area (Å²) >= 11 is 3.49. The lowest BCUT2D eigenvalue weighted by molar-refractivity contribution is -0.117. The number of nitrogens with one attached hydrogen (secondary N) is 2. The van der Waals surface area contributed by atoms with E-state index in [0.717, 1.165) is 40.1 Å². The van der Waals surface area contributed by atoms with Gasteiger partial charge in [0.2, 0.25) is 5.91 Å². The van der Waals surface area contributed by atoms with Gasteiger partial charge >= 0.3 is 0 Å². The molecule has 2 unspecified atom stereocenters. The van der Waals surface area contributed by atoms with Crippen molar-refractivity contribution in [2.24, 2.45) is 9.98 Å². The van der Waals surface area contributed by atoms with Crippen LogP contribution in [0.5, 0.6) is 0 Å². The van der Waals surface area contributed by atoms with Crippen molar-refractivity contribution in [2.45, 2.75) is 25.3 Å². The van der Waals surface area contributed by atoms with Crippen LogP contribution in [-0.2, 0) is 4.79 Å². The Balaban J connectivity index is 1.70. The molecule has 0 fully saturated rings. The second kappa shape index (κ2) is 5.49. The fourth-order valence-corrected chi connectivity index (χ4v) is 3.64. The summed E-state index contributed by atoms with van der Waals surface area (Å²) in [6.45, 7) is 2.98. The fourth-order valence-electron chi connectivity index (χ4n) is 3.26. The van der Waals surface area contributed by atoms with E-state index in [0.29, 0.717) is 0 Å². The van der Waals surface area contributed by atoms with Gasteiger partial charge in [-0.25, -0.2) is 4.99 Å². The average Bonchev–Trinajstić information content (AvgIpc) is 3.08. The van der Waals surface area contributed by atoms with Gasteiger partial charge in [0.15, 0.2) is 5.84 Å². The molecule has 2 N–H and O–H groups in total. The first-order chi connectivity index (χ1) is 11.2. The van der Waals surface area contributed by atoms with E-state index in [1.54, 1.807) is 6.34 Å². The molecular formula is C16H16BrN5O. The van der Waals surface area contributed by atoms with E-state index in [1.165, 1.54) is 0 Å². The first-order valence-corrected chi connectivity index (χ1v) is 8.42. The summed E-state index contributed by atoms with van der Waals surface area (Å²) in [6, 6.07) is 5.58. The number of benzene rings is 1. The third kappa shape index (κ3) is 2.26. The van der Waals surface area contributed by atoms with Crippen LogP contribution in [0.2, 0.25) is 0 Å². The molecule has 7 heteroatoms. The van der Waals surface area contributed by atoms with Crippen LogP contribution in [0.15, 0.2) is 44.4 Å². The normalized spacial score (nSPS) is 24.6. The number of carbonyl (C=O) groups excluding carboxylic acids is 1. The molecule has 1 aromatic rings. The molecule has 1 amide bonds. The summed E-state index contributed by atoms with van der Waals surface area (Å²) in [6.07, 6.45) is 4.49. The summed E-state index contributed by atoms with van der Waals surface area (Å²) in [5.74, 6) is 0.512. The maximum atomic E-state index is 12.5. The van der Waals surface area contributed by atoms with Gasteiger partial charge in [-0.15, -0.1) is 0 Å². The van der Waals surface area contributed by atoms with E-state index in [2.05, 4.69) is 43.6 Å². The summed E-state index contributed by atoms with van der Waals surface area (Å²) in [4.78, 5) is 21.4. The zero-order valence-corrected chi connectivity index (χ0v) is 14.2. The Morgan fingerprint density at radius 3 is 3.09 bits per heavy atom. The molecule has 0 bridgehead atoms. The molecule has 23 heavy (non-hydrogen) atoms. The lowest BCUT2D eigenvalue weighted by atomic mass is 9.87. The van der Waals surface area contributed by atoms with Gasteiger partial charge in [-0.05, 0) is 30.2 Å². The Kier molecular flexibility index (Phi) is 3.45. The number of anilines is 1. The molecule has 4 rings (SSSR count). The maximum absolute atomic E-state index is 12.5. The zero-order valence-electron chi connectivity index (χ0n) is 12.6. The highest BCUT2D eigenvalue weighted by molar-refractivity contribution is 9.10. The first kappa shape index (κ1) is 14.4. The predicted octanol–water partition coefficient (Wildman–Crippen LogP) is 2.41. The van der Waals surface area contributed by atoms with E-state index < -0.39 is 0 Å². The second-order valence-electron chi connectivity index (χ2n) is 5.74. The van der Waals surface area contributed by atoms with Crippen molar-refractivity contribution in [2.75, 3.05) is 11.9 Å². The summed E-state index contributed by atoms with van der Waals surface area (Å²) in [5, 5.41) is 4.96. The van der Waals surface area contributed by atoms with Crippen LogP contribution in [-0.4, -0.2) is 35.7 Å². The Hall–Kier alpha value is -2.15. The smallest absolute Gasteiger partial charge is 0.234 e. The number of nitrogens with zero attached hydrogens (tertiary/aromatic N) is 3. The van der Waals surface area contributed by atoms with Gasteiger partial charge in [-0.3, -0.25) is 14.8 Å². The van der Waals surface area contributed by atoms with Crippen molar-refractivity contribution in [3.8, 4) is 0 Å². The number of hydrogen-bond donors (Lipinski definition) is 2. The zero-order chi connectivity index (χ0) is 16.0. The van der Waals surface area contributed by atoms with Crippen LogP contribution in [0, 0.1) is 0 Å². The fraction of sp³-hybridized carbons (Fsp3) is 0.312. The number of aliphatic imine (C=N–C) groups is 2. The lowest BCUT2D eigenvalue weighted by Crippen LogP contribution is -2.39. The number of amides is 1. The van der Waals surface area contributed by atoms with E-state index in [1.807, 2.05) is 29.4 Å². The monoisotopic (exact) mass is 373 g/mol. The third-order valence-electron chi connectivity index (χ3n) is 4.27. The number of fused-ring (bicyclic) bond motifs is 2. The Labute approximate surface area is 142 Å². The minimum Gasteiger partial charge on any atom is -0.325 e. The highest BCUT2D eigenvalue weighted by atomic mass is 79.9. The molecular weight excluding hydrogens is 358 g/mol. The van der Waals surface area contributed by atoms with Crippen LogP contribution >= 0.6 is 15.9 Å². The summed E-state index contributed by atoms with van der Waals surface area (Å²) < 4.78 is 0.956. The van der Waals surface area contributed by atoms with Crippen LogP contribution in [0.3, 0.4) is 0 Å². The van der Waals surface area contributed by atoms with Gasteiger partial charge in [0.05, 0.1) is 12.0 Å². The van der Waals surface area contributed by atoms with Crippen molar-refractivity contribution in [3.63, 3.8) is 0 Å². The highest BCUT2D eigenvalue weighted by Crippen LogP contribution is 2.40. The molecule has 6 nitrogen and oxygen atoms in total. The highest BCUT2D eigenvalue weighted by Gasteiger charge is 2.42. The minimum atomic E-state index is -0.334. The molecule has 2 atom stereocenters. The molecule has 0 radical (unpaired) electrons. The van der Waals surface area contributed by atoms with E-state index in [4.69, 9.17) is 0 Å². The topological polar surface area (TPSA) is 69.1 Å². The molecule has 0 saturated carbocycles. The molecule has 118 valence electrons. The average molecular weight is 374 g/mol. The molecule has 3 heterocycles. The number of halogens is 1. The summed E-state index contributed by atoms with van der Waals surface area (Å²) in [7, 11) is 0. The molecule has 0 aliphatic carbocycles. The Morgan fingerprint density at radius 2 is 2.26 bits per heavy atom. The van der Waals surface area contributed by atoms with E-state index >= 15 is 0 Å². The van der Waals surface area contributed by atoms with E-state index in [9.17, 15) is 4.79 Å². The SMILES string of the molecule is CCCN1NC=C2C1=NC=NC2C1C(=O)Nc2ccc(Br)cc21. The number of hydrazine groups is 1. The van der Waals surface area contributed by atoms with E-state index in [-0.39, 0.29) is 17.9 Å². The van der Waals surface area contributed by atoms with Crippen molar-refractivity contribution >= 4 is 39.7 Å². The Bertz CT molecular complexity index is 770. The van der Waals surface area contributed by atoms with Crippen LogP contribution in [0.4, 0.5) is 5.69 Å². The van der Waals surface area contributed by atoms with Gasteiger partial charge in [-0.2, -0.15) is 0 Å². The molecule has 0 saturated heterocycles. The molecule has 3 aliphatic rings. The van der Waals surface area contributed by atoms with Crippen LogP contribution in [0.25, 0.3) is 0 Å². The predicted molar refractivity (Wildman–Crippen MR) is 93.4 cm³/mol. The number of hydrogen-bond acceptors (Lipinski definition) is 5. The Morgan fingerprint density at radius 1 is 1.39 bits per heavy atom. The van der Waals surface area contributed by atoms with Crippen molar-refractivity contribution < 1.29 is 4.79 Å². The van der Waals surface area contributed by atoms with Gasteiger partial charge < -0.3 is 10.7 Å².